The lowest BCUT2D eigenvalue weighted by molar-refractivity contribution is -0.121. The molecule has 0 aromatic carbocycles. The van der Waals surface area contributed by atoms with Gasteiger partial charge in [-0.3, -0.25) is 19.3 Å². The van der Waals surface area contributed by atoms with E-state index in [1.165, 1.54) is 17.0 Å². The quantitative estimate of drug-likeness (QED) is 0.819. The Hall–Kier alpha value is -2.44. The largest absolute Gasteiger partial charge is 0.354 e. The van der Waals surface area contributed by atoms with E-state index in [-0.39, 0.29) is 11.5 Å². The summed E-state index contributed by atoms with van der Waals surface area (Å²) < 4.78 is 1.48. The third-order valence-corrected chi connectivity index (χ3v) is 3.57. The van der Waals surface area contributed by atoms with Crippen LogP contribution in [0.3, 0.4) is 0 Å². The molecule has 2 N–H and O–H groups in total. The lowest BCUT2D eigenvalue weighted by Crippen LogP contribution is -2.31. The van der Waals surface area contributed by atoms with Gasteiger partial charge in [0, 0.05) is 37.0 Å². The number of hydrogen-bond donors (Lipinski definition) is 2. The zero-order valence-corrected chi connectivity index (χ0v) is 13.1. The summed E-state index contributed by atoms with van der Waals surface area (Å²) in [6, 6.07) is 1.48. The van der Waals surface area contributed by atoms with Crippen LogP contribution in [0.4, 0.5) is 0 Å². The molecule has 0 spiro atoms. The topological polar surface area (TPSA) is 92.7 Å². The summed E-state index contributed by atoms with van der Waals surface area (Å²) in [7, 11) is 0. The minimum atomic E-state index is -0.105. The van der Waals surface area contributed by atoms with Gasteiger partial charge in [-0.25, -0.2) is 4.98 Å². The number of carbonyl (C=O) groups is 1. The number of H-pyrrole nitrogens is 1. The number of carbonyl (C=O) groups excluding carboxylic acids is 1. The van der Waals surface area contributed by atoms with Crippen LogP contribution in [-0.4, -0.2) is 32.2 Å². The van der Waals surface area contributed by atoms with Crippen LogP contribution in [0.2, 0.25) is 0 Å². The molecule has 0 atom stereocenters. The molecular weight excluding hydrogens is 282 g/mol. The highest BCUT2D eigenvalue weighted by atomic mass is 16.1. The second-order valence-corrected chi connectivity index (χ2v) is 5.32. The van der Waals surface area contributed by atoms with Crippen LogP contribution < -0.4 is 10.9 Å². The van der Waals surface area contributed by atoms with Gasteiger partial charge in [-0.2, -0.15) is 5.10 Å². The summed E-state index contributed by atoms with van der Waals surface area (Å²) in [4.78, 5) is 27.6. The molecule has 2 aromatic rings. The molecule has 2 heterocycles. The number of amides is 1. The van der Waals surface area contributed by atoms with Crippen molar-refractivity contribution in [3.63, 3.8) is 0 Å². The molecule has 7 nitrogen and oxygen atoms in total. The highest BCUT2D eigenvalue weighted by molar-refractivity contribution is 5.76. The average Bonchev–Trinajstić information content (AvgIpc) is 2.78. The first kappa shape index (κ1) is 15.9. The summed E-state index contributed by atoms with van der Waals surface area (Å²) >= 11 is 0. The number of hydrogen-bond acceptors (Lipinski definition) is 4. The first-order valence-electron chi connectivity index (χ1n) is 7.27. The van der Waals surface area contributed by atoms with E-state index < -0.39 is 0 Å². The van der Waals surface area contributed by atoms with Gasteiger partial charge in [0.2, 0.25) is 5.91 Å². The number of aromatic nitrogens is 4. The normalized spacial score (nSPS) is 10.7. The molecule has 1 amide bonds. The second-order valence-electron chi connectivity index (χ2n) is 5.32. The summed E-state index contributed by atoms with van der Waals surface area (Å²) in [5.41, 5.74) is 3.61. The van der Waals surface area contributed by atoms with Gasteiger partial charge in [-0.1, -0.05) is 0 Å². The van der Waals surface area contributed by atoms with Crippen molar-refractivity contribution < 1.29 is 4.79 Å². The molecule has 0 saturated carbocycles. The molecule has 118 valence electrons. The van der Waals surface area contributed by atoms with E-state index >= 15 is 0 Å². The molecule has 0 radical (unpaired) electrons. The van der Waals surface area contributed by atoms with E-state index in [1.807, 2.05) is 13.8 Å². The standard InChI is InChI=1S/C15H21N5O2/c1-10-8-15(22)20(9-17-10)7-6-16-14(21)5-4-13-11(2)18-19-12(13)3/h8-9H,4-7H2,1-3H3,(H,16,21)(H,18,19). The van der Waals surface area contributed by atoms with Crippen LogP contribution in [0.15, 0.2) is 17.2 Å². The van der Waals surface area contributed by atoms with Gasteiger partial charge in [0.1, 0.15) is 0 Å². The maximum atomic E-state index is 11.8. The van der Waals surface area contributed by atoms with Gasteiger partial charge in [-0.15, -0.1) is 0 Å². The van der Waals surface area contributed by atoms with E-state index in [0.29, 0.717) is 31.6 Å². The first-order chi connectivity index (χ1) is 10.5. The fourth-order valence-corrected chi connectivity index (χ4v) is 2.27. The molecule has 0 aliphatic heterocycles. The Balaban J connectivity index is 1.77. The molecule has 0 unspecified atom stereocenters. The first-order valence-corrected chi connectivity index (χ1v) is 7.27. The Kier molecular flexibility index (Phi) is 5.08. The zero-order chi connectivity index (χ0) is 16.1. The summed E-state index contributed by atoms with van der Waals surface area (Å²) in [6.07, 6.45) is 2.57. The third-order valence-electron chi connectivity index (χ3n) is 3.57. The van der Waals surface area contributed by atoms with Crippen LogP contribution in [0.1, 0.15) is 29.1 Å². The Morgan fingerprint density at radius 1 is 1.36 bits per heavy atom. The molecule has 0 saturated heterocycles. The summed E-state index contributed by atoms with van der Waals surface area (Å²) in [5.74, 6) is -0.0341. The smallest absolute Gasteiger partial charge is 0.253 e. The van der Waals surface area contributed by atoms with Gasteiger partial charge >= 0.3 is 0 Å². The Morgan fingerprint density at radius 3 is 2.77 bits per heavy atom. The van der Waals surface area contributed by atoms with E-state index in [0.717, 1.165) is 17.0 Å². The Labute approximate surface area is 128 Å². The molecule has 0 aliphatic carbocycles. The van der Waals surface area contributed by atoms with Crippen molar-refractivity contribution >= 4 is 5.91 Å². The van der Waals surface area contributed by atoms with Gasteiger partial charge in [0.15, 0.2) is 0 Å². The highest BCUT2D eigenvalue weighted by Crippen LogP contribution is 2.11. The maximum absolute atomic E-state index is 11.8. The van der Waals surface area contributed by atoms with E-state index in [4.69, 9.17) is 0 Å². The van der Waals surface area contributed by atoms with Crippen LogP contribution >= 0.6 is 0 Å². The molecule has 2 rings (SSSR count). The minimum Gasteiger partial charge on any atom is -0.354 e. The van der Waals surface area contributed by atoms with E-state index in [2.05, 4.69) is 20.5 Å². The van der Waals surface area contributed by atoms with Crippen molar-refractivity contribution in [1.82, 2.24) is 25.1 Å². The highest BCUT2D eigenvalue weighted by Gasteiger charge is 2.09. The predicted octanol–water partition coefficient (Wildman–Crippen LogP) is 0.641. The molecule has 22 heavy (non-hydrogen) atoms. The molecule has 7 heteroatoms. The fraction of sp³-hybridized carbons (Fsp3) is 0.467. The van der Waals surface area contributed by atoms with Crippen molar-refractivity contribution in [3.05, 3.63) is 45.4 Å². The van der Waals surface area contributed by atoms with Crippen molar-refractivity contribution in [2.24, 2.45) is 0 Å². The van der Waals surface area contributed by atoms with Crippen LogP contribution in [0, 0.1) is 20.8 Å². The number of nitrogens with one attached hydrogen (secondary N) is 2. The molecule has 0 fully saturated rings. The molecule has 2 aromatic heterocycles. The maximum Gasteiger partial charge on any atom is 0.253 e. The van der Waals surface area contributed by atoms with Gasteiger partial charge in [-0.05, 0) is 32.8 Å². The molecule has 0 aliphatic rings. The zero-order valence-electron chi connectivity index (χ0n) is 13.1. The number of aromatic amines is 1. The van der Waals surface area contributed by atoms with Crippen molar-refractivity contribution in [2.75, 3.05) is 6.54 Å². The van der Waals surface area contributed by atoms with Crippen LogP contribution in [-0.2, 0) is 17.8 Å². The van der Waals surface area contributed by atoms with Gasteiger partial charge in [0.25, 0.3) is 5.56 Å². The minimum absolute atomic E-state index is 0.0341. The SMILES string of the molecule is Cc1cc(=O)n(CCNC(=O)CCc2c(C)n[nH]c2C)cn1. The van der Waals surface area contributed by atoms with Crippen molar-refractivity contribution in [3.8, 4) is 0 Å². The summed E-state index contributed by atoms with van der Waals surface area (Å²) in [5, 5.41) is 9.84. The van der Waals surface area contributed by atoms with Crippen LogP contribution in [0.5, 0.6) is 0 Å². The lowest BCUT2D eigenvalue weighted by Gasteiger charge is -2.07. The lowest BCUT2D eigenvalue weighted by atomic mass is 10.1. The fourth-order valence-electron chi connectivity index (χ4n) is 2.27. The monoisotopic (exact) mass is 303 g/mol. The summed E-state index contributed by atoms with van der Waals surface area (Å²) in [6.45, 7) is 6.47. The average molecular weight is 303 g/mol. The number of nitrogens with zero attached hydrogens (tertiary/aromatic N) is 3. The molecule has 0 bridgehead atoms. The third kappa shape index (κ3) is 4.03. The Morgan fingerprint density at radius 2 is 2.14 bits per heavy atom. The second kappa shape index (κ2) is 7.02. The number of rotatable bonds is 6. The van der Waals surface area contributed by atoms with Gasteiger partial charge in [0.05, 0.1) is 12.0 Å². The molecular formula is C15H21N5O2. The van der Waals surface area contributed by atoms with Gasteiger partial charge < -0.3 is 5.32 Å². The van der Waals surface area contributed by atoms with E-state index in [9.17, 15) is 9.59 Å². The predicted molar refractivity (Wildman–Crippen MR) is 82.6 cm³/mol. The van der Waals surface area contributed by atoms with Crippen molar-refractivity contribution in [1.29, 1.82) is 0 Å². The number of aryl methyl sites for hydroxylation is 3. The van der Waals surface area contributed by atoms with E-state index in [1.54, 1.807) is 6.92 Å². The van der Waals surface area contributed by atoms with Crippen LogP contribution in [0.25, 0.3) is 0 Å². The van der Waals surface area contributed by atoms with Crippen molar-refractivity contribution in [2.45, 2.75) is 40.2 Å². The Bertz CT molecular complexity index is 697.